The lowest BCUT2D eigenvalue weighted by Gasteiger charge is -2.23. The van der Waals surface area contributed by atoms with Crippen LogP contribution in [0.1, 0.15) is 12.5 Å². The van der Waals surface area contributed by atoms with Crippen molar-refractivity contribution in [2.75, 3.05) is 18.2 Å². The molecular weight excluding hydrogens is 358 g/mol. The minimum Gasteiger partial charge on any atom is -0.491 e. The lowest BCUT2D eigenvalue weighted by atomic mass is 10.2. The first-order chi connectivity index (χ1) is 13.7. The fraction of sp³-hybridized carbons (Fsp3) is 0.182. The number of rotatable bonds is 8. The summed E-state index contributed by atoms with van der Waals surface area (Å²) in [4.78, 5) is 18.1. The lowest BCUT2D eigenvalue weighted by molar-refractivity contribution is -0.116. The summed E-state index contributed by atoms with van der Waals surface area (Å²) in [5.41, 5.74) is 1.41. The molecule has 28 heavy (non-hydrogen) atoms. The molecule has 0 spiro atoms. The van der Waals surface area contributed by atoms with Crippen LogP contribution in [0.4, 0.5) is 10.1 Å². The van der Waals surface area contributed by atoms with Crippen molar-refractivity contribution in [2.24, 2.45) is 0 Å². The number of ether oxygens (including phenoxy) is 2. The molecule has 5 nitrogen and oxygen atoms in total. The number of halogens is 1. The largest absolute Gasteiger partial charge is 0.491 e. The van der Waals surface area contributed by atoms with Gasteiger partial charge in [-0.15, -0.1) is 0 Å². The molecule has 0 unspecified atom stereocenters. The molecule has 0 atom stereocenters. The normalized spacial score (nSPS) is 10.4. The Morgan fingerprint density at radius 2 is 1.86 bits per heavy atom. The first-order valence-corrected chi connectivity index (χ1v) is 8.90. The van der Waals surface area contributed by atoms with Crippen LogP contribution in [0.15, 0.2) is 73.1 Å². The smallest absolute Gasteiger partial charge is 0.224 e. The van der Waals surface area contributed by atoms with Crippen molar-refractivity contribution >= 4 is 11.6 Å². The van der Waals surface area contributed by atoms with E-state index in [9.17, 15) is 9.18 Å². The molecule has 0 N–H and O–H groups in total. The number of carbonyl (C=O) groups excluding carboxylic acids is 1. The quantitative estimate of drug-likeness (QED) is 0.565. The number of anilines is 1. The van der Waals surface area contributed by atoms with Crippen molar-refractivity contribution in [1.82, 2.24) is 4.98 Å². The molecule has 3 rings (SSSR count). The third kappa shape index (κ3) is 5.07. The Bertz CT molecular complexity index is 918. The molecule has 1 heterocycles. The van der Waals surface area contributed by atoms with Crippen LogP contribution in [0.3, 0.4) is 0 Å². The molecule has 0 aliphatic carbocycles. The second-order valence-corrected chi connectivity index (χ2v) is 6.05. The Kier molecular flexibility index (Phi) is 6.57. The van der Waals surface area contributed by atoms with Crippen molar-refractivity contribution in [1.29, 1.82) is 0 Å². The molecular formula is C22H21FN2O3. The van der Waals surface area contributed by atoms with E-state index in [-0.39, 0.29) is 12.5 Å². The summed E-state index contributed by atoms with van der Waals surface area (Å²) in [5.74, 6) is 1.60. The number of hydrogen-bond acceptors (Lipinski definition) is 4. The summed E-state index contributed by atoms with van der Waals surface area (Å²) in [6.07, 6.45) is 3.22. The highest BCUT2D eigenvalue weighted by atomic mass is 18.2. The van der Waals surface area contributed by atoms with Crippen LogP contribution in [-0.4, -0.2) is 24.2 Å². The molecule has 2 aromatic carbocycles. The summed E-state index contributed by atoms with van der Waals surface area (Å²) in [5, 5.41) is 0. The lowest BCUT2D eigenvalue weighted by Crippen LogP contribution is -2.28. The summed E-state index contributed by atoms with van der Waals surface area (Å²) in [6, 6.07) is 18.3. The van der Waals surface area contributed by atoms with Gasteiger partial charge in [-0.1, -0.05) is 30.3 Å². The molecule has 3 aromatic rings. The minimum absolute atomic E-state index is 0.00244. The van der Waals surface area contributed by atoms with Gasteiger partial charge in [-0.2, -0.15) is 0 Å². The molecule has 0 fully saturated rings. The minimum atomic E-state index is -0.556. The summed E-state index contributed by atoms with van der Waals surface area (Å²) in [7, 11) is 0. The maximum Gasteiger partial charge on any atom is 0.224 e. The second-order valence-electron chi connectivity index (χ2n) is 6.05. The van der Waals surface area contributed by atoms with Gasteiger partial charge in [0.25, 0.3) is 0 Å². The number of carbonyl (C=O) groups is 1. The maximum atomic E-state index is 12.4. The highest BCUT2D eigenvalue weighted by Gasteiger charge is 2.18. The van der Waals surface area contributed by atoms with E-state index >= 15 is 0 Å². The van der Waals surface area contributed by atoms with Crippen LogP contribution in [0.2, 0.25) is 0 Å². The number of nitrogens with zero attached hydrogens (tertiary/aromatic N) is 2. The third-order valence-corrected chi connectivity index (χ3v) is 3.99. The van der Waals surface area contributed by atoms with Gasteiger partial charge in [-0.05, 0) is 29.8 Å². The Morgan fingerprint density at radius 1 is 1.07 bits per heavy atom. The number of alkyl halides is 1. The first kappa shape index (κ1) is 19.4. The maximum absolute atomic E-state index is 12.4. The summed E-state index contributed by atoms with van der Waals surface area (Å²) >= 11 is 0. The van der Waals surface area contributed by atoms with Crippen LogP contribution in [0.25, 0.3) is 0 Å². The monoisotopic (exact) mass is 379 g/mol. The van der Waals surface area contributed by atoms with Gasteiger partial charge in [0.15, 0.2) is 5.75 Å². The molecule has 0 aliphatic rings. The zero-order valence-electron chi connectivity index (χ0n) is 15.5. The molecule has 1 amide bonds. The van der Waals surface area contributed by atoms with Crippen molar-refractivity contribution in [3.63, 3.8) is 0 Å². The van der Waals surface area contributed by atoms with Crippen molar-refractivity contribution in [3.8, 4) is 17.2 Å². The van der Waals surface area contributed by atoms with Gasteiger partial charge in [0, 0.05) is 19.2 Å². The van der Waals surface area contributed by atoms with Gasteiger partial charge < -0.3 is 14.4 Å². The predicted octanol–water partition coefficient (Wildman–Crippen LogP) is 4.78. The van der Waals surface area contributed by atoms with Crippen LogP contribution in [0, 0.1) is 0 Å². The fourth-order valence-electron chi connectivity index (χ4n) is 2.72. The molecule has 0 radical (unpaired) electrons. The van der Waals surface area contributed by atoms with Crippen molar-refractivity contribution < 1.29 is 18.7 Å². The number of benzene rings is 2. The van der Waals surface area contributed by atoms with Gasteiger partial charge in [0.05, 0.1) is 12.7 Å². The highest BCUT2D eigenvalue weighted by molar-refractivity contribution is 5.92. The SMILES string of the molecule is CC(=O)N(Cc1cccc(OCC[18F])c1)c1cnccc1Oc1ccccc1. The summed E-state index contributed by atoms with van der Waals surface area (Å²) in [6.45, 7) is 1.24. The van der Waals surface area contributed by atoms with Crippen molar-refractivity contribution in [2.45, 2.75) is 13.5 Å². The molecule has 0 bridgehead atoms. The number of amides is 1. The fourth-order valence-corrected chi connectivity index (χ4v) is 2.72. The molecule has 0 saturated heterocycles. The van der Waals surface area contributed by atoms with Crippen molar-refractivity contribution in [3.05, 3.63) is 78.6 Å². The molecule has 144 valence electrons. The second kappa shape index (κ2) is 9.50. The molecule has 6 heteroatoms. The Morgan fingerprint density at radius 3 is 2.61 bits per heavy atom. The van der Waals surface area contributed by atoms with E-state index in [0.717, 1.165) is 5.56 Å². The molecule has 0 aliphatic heterocycles. The van der Waals surface area contributed by atoms with E-state index in [0.29, 0.717) is 29.5 Å². The molecule has 0 saturated carbocycles. The zero-order chi connectivity index (χ0) is 19.8. The van der Waals surface area contributed by atoms with Crippen LogP contribution in [-0.2, 0) is 11.3 Å². The Hall–Kier alpha value is -3.41. The van der Waals surface area contributed by atoms with E-state index in [4.69, 9.17) is 9.47 Å². The average Bonchev–Trinajstić information content (AvgIpc) is 2.72. The average molecular weight is 379 g/mol. The standard InChI is InChI=1S/C22H21FN2O3/c1-17(26)25(16-18-6-5-9-20(14-18)27-13-11-23)21-15-24-12-10-22(21)28-19-7-3-2-4-8-19/h2-10,12,14-15H,11,13,16H2,1H3/i23-1. The van der Waals surface area contributed by atoms with Gasteiger partial charge in [0.2, 0.25) is 5.91 Å². The van der Waals surface area contributed by atoms with Crippen LogP contribution < -0.4 is 14.4 Å². The van der Waals surface area contributed by atoms with E-state index in [1.165, 1.54) is 6.92 Å². The van der Waals surface area contributed by atoms with Crippen LogP contribution in [0.5, 0.6) is 17.2 Å². The summed E-state index contributed by atoms with van der Waals surface area (Å²) < 4.78 is 23.6. The third-order valence-electron chi connectivity index (χ3n) is 3.99. The molecule has 1 aromatic heterocycles. The first-order valence-electron chi connectivity index (χ1n) is 8.90. The number of hydrogen-bond donors (Lipinski definition) is 0. The Balaban J connectivity index is 1.86. The zero-order valence-corrected chi connectivity index (χ0v) is 15.5. The van der Waals surface area contributed by atoms with Gasteiger partial charge >= 0.3 is 0 Å². The predicted molar refractivity (Wildman–Crippen MR) is 106 cm³/mol. The van der Waals surface area contributed by atoms with Gasteiger partial charge in [-0.3, -0.25) is 9.78 Å². The Labute approximate surface area is 163 Å². The number of pyridine rings is 1. The number of aromatic nitrogens is 1. The number of para-hydroxylation sites is 1. The van der Waals surface area contributed by atoms with Gasteiger partial charge in [-0.25, -0.2) is 4.39 Å². The van der Waals surface area contributed by atoms with E-state index in [1.54, 1.807) is 35.5 Å². The topological polar surface area (TPSA) is 51.7 Å². The van der Waals surface area contributed by atoms with Crippen LogP contribution >= 0.6 is 0 Å². The van der Waals surface area contributed by atoms with Gasteiger partial charge in [0.1, 0.15) is 30.5 Å². The van der Waals surface area contributed by atoms with E-state index < -0.39 is 6.67 Å². The van der Waals surface area contributed by atoms with E-state index in [2.05, 4.69) is 4.98 Å². The highest BCUT2D eigenvalue weighted by Crippen LogP contribution is 2.32. The van der Waals surface area contributed by atoms with E-state index in [1.807, 2.05) is 42.5 Å².